The molecule has 2 heterocycles. The molecule has 8 N–H and O–H groups in total. The Morgan fingerprint density at radius 2 is 1.48 bits per heavy atom. The van der Waals surface area contributed by atoms with Crippen LogP contribution in [0.1, 0.15) is 71.6 Å². The Balaban J connectivity index is 2.15. The van der Waals surface area contributed by atoms with Crippen molar-refractivity contribution < 1.29 is 39.0 Å². The van der Waals surface area contributed by atoms with Gasteiger partial charge in [0.1, 0.15) is 24.2 Å². The number of carboxylic acid groups (broad SMARTS) is 2. The summed E-state index contributed by atoms with van der Waals surface area (Å²) in [6, 6.07) is -4.96. The van der Waals surface area contributed by atoms with Crippen molar-refractivity contribution in [2.24, 2.45) is 17.4 Å². The number of carboxylic acids is 2. The Morgan fingerprint density at radius 3 is 2.02 bits per heavy atom. The molecule has 14 heteroatoms. The van der Waals surface area contributed by atoms with Crippen LogP contribution in [0.15, 0.2) is 0 Å². The first kappa shape index (κ1) is 32.9. The summed E-state index contributed by atoms with van der Waals surface area (Å²) in [4.78, 5) is 78.2. The summed E-state index contributed by atoms with van der Waals surface area (Å²) in [6.45, 7) is 4.42. The minimum absolute atomic E-state index is 0.182. The van der Waals surface area contributed by atoms with Crippen LogP contribution in [-0.2, 0) is 28.8 Å². The molecule has 0 saturated carbocycles. The molecule has 2 aliphatic rings. The number of nitrogens with one attached hydrogen (secondary N) is 2. The molecule has 0 aromatic rings. The molecule has 40 heavy (non-hydrogen) atoms. The lowest BCUT2D eigenvalue weighted by atomic mass is 10.0. The highest BCUT2D eigenvalue weighted by atomic mass is 16.4. The van der Waals surface area contributed by atoms with Gasteiger partial charge in [-0.25, -0.2) is 4.79 Å². The van der Waals surface area contributed by atoms with Crippen LogP contribution in [0.2, 0.25) is 0 Å². The molecule has 2 saturated heterocycles. The number of carbonyl (C=O) groups is 6. The first-order valence-corrected chi connectivity index (χ1v) is 14.0. The van der Waals surface area contributed by atoms with E-state index in [-0.39, 0.29) is 31.8 Å². The van der Waals surface area contributed by atoms with E-state index >= 15 is 0 Å². The molecule has 0 bridgehead atoms. The zero-order valence-electron chi connectivity index (χ0n) is 23.3. The second-order valence-corrected chi connectivity index (χ2v) is 10.8. The van der Waals surface area contributed by atoms with E-state index < -0.39 is 65.8 Å². The Kier molecular flexibility index (Phi) is 12.8. The van der Waals surface area contributed by atoms with Gasteiger partial charge in [0.05, 0.1) is 6.04 Å². The highest BCUT2D eigenvalue weighted by Gasteiger charge is 2.42. The molecular formula is C26H44N6O8. The van der Waals surface area contributed by atoms with Gasteiger partial charge in [0.15, 0.2) is 0 Å². The van der Waals surface area contributed by atoms with Crippen molar-refractivity contribution in [1.82, 2.24) is 20.4 Å². The second-order valence-electron chi connectivity index (χ2n) is 10.8. The third-order valence-corrected chi connectivity index (χ3v) is 7.46. The minimum atomic E-state index is -1.19. The smallest absolute Gasteiger partial charge is 0.326 e. The fraction of sp³-hybridized carbons (Fsp3) is 0.769. The number of aliphatic carboxylic acids is 2. The first-order valence-electron chi connectivity index (χ1n) is 14.0. The Hall–Kier alpha value is -3.26. The fourth-order valence-electron chi connectivity index (χ4n) is 5.18. The van der Waals surface area contributed by atoms with Gasteiger partial charge in [-0.1, -0.05) is 20.3 Å². The molecule has 14 nitrogen and oxygen atoms in total. The molecule has 4 amide bonds. The van der Waals surface area contributed by atoms with Crippen LogP contribution in [0.4, 0.5) is 0 Å². The van der Waals surface area contributed by atoms with E-state index in [1.165, 1.54) is 9.80 Å². The minimum Gasteiger partial charge on any atom is -0.481 e. The van der Waals surface area contributed by atoms with Gasteiger partial charge in [-0.15, -0.1) is 0 Å². The number of rotatable bonds is 15. The number of nitrogens with zero attached hydrogens (tertiary/aromatic N) is 2. The normalized spacial score (nSPS) is 21.1. The highest BCUT2D eigenvalue weighted by molar-refractivity contribution is 5.96. The van der Waals surface area contributed by atoms with Gasteiger partial charge in [0.2, 0.25) is 23.6 Å². The van der Waals surface area contributed by atoms with Crippen LogP contribution in [-0.4, -0.2) is 105 Å². The van der Waals surface area contributed by atoms with Crippen LogP contribution in [0.3, 0.4) is 0 Å². The summed E-state index contributed by atoms with van der Waals surface area (Å²) in [5, 5.41) is 23.9. The van der Waals surface area contributed by atoms with Gasteiger partial charge < -0.3 is 42.1 Å². The molecular weight excluding hydrogens is 524 g/mol. The van der Waals surface area contributed by atoms with Gasteiger partial charge in [-0.2, -0.15) is 0 Å². The van der Waals surface area contributed by atoms with Crippen molar-refractivity contribution in [3.8, 4) is 0 Å². The van der Waals surface area contributed by atoms with E-state index in [2.05, 4.69) is 10.6 Å². The summed E-state index contributed by atoms with van der Waals surface area (Å²) >= 11 is 0. The van der Waals surface area contributed by atoms with Crippen molar-refractivity contribution in [2.45, 2.75) is 102 Å². The fourth-order valence-corrected chi connectivity index (χ4v) is 5.18. The molecule has 226 valence electrons. The summed E-state index contributed by atoms with van der Waals surface area (Å²) in [6.07, 6.45) is 2.79. The number of unbranched alkanes of at least 4 members (excludes halogenated alkanes) is 1. The molecule has 0 unspecified atom stereocenters. The van der Waals surface area contributed by atoms with E-state index in [1.807, 2.05) is 0 Å². The number of hydrogen-bond acceptors (Lipinski definition) is 8. The lowest BCUT2D eigenvalue weighted by Crippen LogP contribution is -2.59. The third-order valence-electron chi connectivity index (χ3n) is 7.46. The number of amides is 4. The van der Waals surface area contributed by atoms with Crippen molar-refractivity contribution in [2.75, 3.05) is 19.6 Å². The molecule has 2 fully saturated rings. The zero-order chi connectivity index (χ0) is 30.0. The number of carbonyl (C=O) groups excluding carboxylic acids is 4. The van der Waals surface area contributed by atoms with E-state index in [9.17, 15) is 39.0 Å². The Labute approximate surface area is 234 Å². The maximum Gasteiger partial charge on any atom is 0.326 e. The summed E-state index contributed by atoms with van der Waals surface area (Å²) in [7, 11) is 0. The number of likely N-dealkylation sites (tertiary alicyclic amines) is 2. The maximum atomic E-state index is 13.5. The van der Waals surface area contributed by atoms with Crippen LogP contribution in [0, 0.1) is 5.92 Å². The van der Waals surface area contributed by atoms with Gasteiger partial charge >= 0.3 is 11.9 Å². The van der Waals surface area contributed by atoms with Gasteiger partial charge in [-0.3, -0.25) is 24.0 Å². The van der Waals surface area contributed by atoms with Crippen LogP contribution < -0.4 is 22.1 Å². The summed E-state index contributed by atoms with van der Waals surface area (Å²) < 4.78 is 0. The molecule has 0 spiro atoms. The maximum absolute atomic E-state index is 13.5. The third kappa shape index (κ3) is 8.88. The Bertz CT molecular complexity index is 944. The molecule has 5 atom stereocenters. The molecule has 0 radical (unpaired) electrons. The molecule has 2 rings (SSSR count). The number of nitrogens with two attached hydrogens (primary N) is 2. The van der Waals surface area contributed by atoms with E-state index in [4.69, 9.17) is 11.5 Å². The monoisotopic (exact) mass is 568 g/mol. The predicted octanol–water partition coefficient (Wildman–Crippen LogP) is -1.00. The second kappa shape index (κ2) is 15.5. The average Bonchev–Trinajstić information content (AvgIpc) is 3.59. The predicted molar refractivity (Wildman–Crippen MR) is 144 cm³/mol. The van der Waals surface area contributed by atoms with Crippen molar-refractivity contribution in [3.63, 3.8) is 0 Å². The molecule has 0 aromatic heterocycles. The van der Waals surface area contributed by atoms with Gasteiger partial charge in [-0.05, 0) is 57.4 Å². The average molecular weight is 569 g/mol. The standard InChI is InChI=1S/C26H44N6O8/c1-15(2)21(25(38)32-14-6-9-19(32)26(39)40)30-23(36)18-8-5-13-31(18)24(37)17(10-11-20(33)34)29-22(35)16(28)7-3-4-12-27/h15-19,21H,3-14,27-28H2,1-2H3,(H,29,35)(H,30,36)(H,33,34)(H,39,40)/t16-,17-,18-,19-,21-/m0/s1. The largest absolute Gasteiger partial charge is 0.481 e. The first-order chi connectivity index (χ1) is 18.9. The lowest BCUT2D eigenvalue weighted by Gasteiger charge is -2.32. The quantitative estimate of drug-likeness (QED) is 0.132. The lowest BCUT2D eigenvalue weighted by molar-refractivity contribution is -0.150. The summed E-state index contributed by atoms with van der Waals surface area (Å²) in [5.74, 6) is -4.83. The molecule has 0 aromatic carbocycles. The highest BCUT2D eigenvalue weighted by Crippen LogP contribution is 2.23. The van der Waals surface area contributed by atoms with Crippen LogP contribution in [0.25, 0.3) is 0 Å². The number of hydrogen-bond donors (Lipinski definition) is 6. The van der Waals surface area contributed by atoms with Crippen molar-refractivity contribution in [1.29, 1.82) is 0 Å². The summed E-state index contributed by atoms with van der Waals surface area (Å²) in [5.41, 5.74) is 11.4. The van der Waals surface area contributed by atoms with Gasteiger partial charge in [0.25, 0.3) is 0 Å². The van der Waals surface area contributed by atoms with Crippen molar-refractivity contribution in [3.05, 3.63) is 0 Å². The van der Waals surface area contributed by atoms with Crippen molar-refractivity contribution >= 4 is 35.6 Å². The van der Waals surface area contributed by atoms with Crippen LogP contribution in [0.5, 0.6) is 0 Å². The molecule has 2 aliphatic heterocycles. The zero-order valence-corrected chi connectivity index (χ0v) is 23.3. The topological polar surface area (TPSA) is 225 Å². The van der Waals surface area contributed by atoms with E-state index in [0.717, 1.165) is 0 Å². The SMILES string of the molecule is CC(C)[C@H](NC(=O)[C@@H]1CCCN1C(=O)[C@H](CCC(=O)O)NC(=O)[C@@H](N)CCCCN)C(=O)N1CCC[C@H]1C(=O)O. The molecule has 0 aliphatic carbocycles. The van der Waals surface area contributed by atoms with E-state index in [1.54, 1.807) is 13.8 Å². The van der Waals surface area contributed by atoms with E-state index in [0.29, 0.717) is 51.5 Å². The van der Waals surface area contributed by atoms with Crippen LogP contribution >= 0.6 is 0 Å². The van der Waals surface area contributed by atoms with Gasteiger partial charge in [0, 0.05) is 19.5 Å². The Morgan fingerprint density at radius 1 is 0.875 bits per heavy atom.